The summed E-state index contributed by atoms with van der Waals surface area (Å²) >= 11 is 0. The van der Waals surface area contributed by atoms with Gasteiger partial charge in [-0.3, -0.25) is 0 Å². The molecule has 0 bridgehead atoms. The predicted molar refractivity (Wildman–Crippen MR) is 83.1 cm³/mol. The molecule has 0 aliphatic carbocycles. The number of ether oxygens (including phenoxy) is 2. The van der Waals surface area contributed by atoms with Crippen molar-refractivity contribution in [2.45, 2.75) is 39.3 Å². The summed E-state index contributed by atoms with van der Waals surface area (Å²) in [7, 11) is 1.64. The smallest absolute Gasteiger partial charge is 0.119 e. The number of nitrogens with zero attached hydrogens (tertiary/aromatic N) is 3. The molecule has 2 rings (SSSR count). The van der Waals surface area contributed by atoms with Crippen LogP contribution in [0.25, 0.3) is 0 Å². The normalized spacial score (nSPS) is 11.0. The summed E-state index contributed by atoms with van der Waals surface area (Å²) in [4.78, 5) is 0. The topological polar surface area (TPSA) is 69.4 Å². The molecule has 0 radical (unpaired) electrons. The van der Waals surface area contributed by atoms with E-state index >= 15 is 0 Å². The van der Waals surface area contributed by atoms with Gasteiger partial charge in [0.2, 0.25) is 0 Å². The third-order valence-corrected chi connectivity index (χ3v) is 3.39. The number of aliphatic hydroxyl groups excluding tert-OH is 1. The highest BCUT2D eigenvalue weighted by atomic mass is 16.5. The van der Waals surface area contributed by atoms with Crippen LogP contribution in [0.3, 0.4) is 0 Å². The van der Waals surface area contributed by atoms with Gasteiger partial charge in [0.1, 0.15) is 17.2 Å². The number of aromatic nitrogens is 3. The van der Waals surface area contributed by atoms with E-state index in [1.54, 1.807) is 7.11 Å². The number of aryl methyl sites for hydroxylation is 1. The molecule has 0 saturated carbocycles. The summed E-state index contributed by atoms with van der Waals surface area (Å²) < 4.78 is 12.7. The third kappa shape index (κ3) is 3.98. The number of hydrogen-bond donors (Lipinski definition) is 1. The van der Waals surface area contributed by atoms with E-state index in [0.29, 0.717) is 12.3 Å². The van der Waals surface area contributed by atoms with Crippen LogP contribution in [0, 0.1) is 0 Å². The summed E-state index contributed by atoms with van der Waals surface area (Å²) in [5, 5.41) is 17.4. The Morgan fingerprint density at radius 3 is 2.45 bits per heavy atom. The monoisotopic (exact) mass is 305 g/mol. The zero-order valence-corrected chi connectivity index (χ0v) is 13.3. The average Bonchev–Trinajstić information content (AvgIpc) is 2.95. The van der Waals surface area contributed by atoms with E-state index in [9.17, 15) is 5.11 Å². The molecule has 120 valence electrons. The Kier molecular flexibility index (Phi) is 5.77. The SMILES string of the molecule is COc1ccc(OCCCn2nnc(CO)c2C(C)C)cc1. The van der Waals surface area contributed by atoms with Crippen molar-refractivity contribution in [1.82, 2.24) is 15.0 Å². The van der Waals surface area contributed by atoms with E-state index in [1.807, 2.05) is 28.9 Å². The molecule has 1 aromatic carbocycles. The van der Waals surface area contributed by atoms with Crippen molar-refractivity contribution in [2.24, 2.45) is 0 Å². The molecular formula is C16H23N3O3. The van der Waals surface area contributed by atoms with Crippen molar-refractivity contribution in [3.8, 4) is 11.5 Å². The van der Waals surface area contributed by atoms with Gasteiger partial charge in [-0.1, -0.05) is 19.1 Å². The maximum Gasteiger partial charge on any atom is 0.119 e. The first-order valence-electron chi connectivity index (χ1n) is 7.45. The number of aliphatic hydroxyl groups is 1. The summed E-state index contributed by atoms with van der Waals surface area (Å²) in [5.41, 5.74) is 1.65. The Morgan fingerprint density at radius 1 is 1.18 bits per heavy atom. The fraction of sp³-hybridized carbons (Fsp3) is 0.500. The molecule has 0 aliphatic heterocycles. The van der Waals surface area contributed by atoms with Gasteiger partial charge in [-0.25, -0.2) is 4.68 Å². The lowest BCUT2D eigenvalue weighted by atomic mass is 10.1. The van der Waals surface area contributed by atoms with Gasteiger partial charge in [-0.15, -0.1) is 5.10 Å². The summed E-state index contributed by atoms with van der Waals surface area (Å²) in [6.07, 6.45) is 0.819. The second-order valence-corrected chi connectivity index (χ2v) is 5.33. The highest BCUT2D eigenvalue weighted by Crippen LogP contribution is 2.19. The number of benzene rings is 1. The highest BCUT2D eigenvalue weighted by Gasteiger charge is 2.14. The first-order chi connectivity index (χ1) is 10.7. The zero-order chi connectivity index (χ0) is 15.9. The van der Waals surface area contributed by atoms with Crippen molar-refractivity contribution < 1.29 is 14.6 Å². The van der Waals surface area contributed by atoms with Gasteiger partial charge >= 0.3 is 0 Å². The highest BCUT2D eigenvalue weighted by molar-refractivity contribution is 5.31. The van der Waals surface area contributed by atoms with Crippen LogP contribution < -0.4 is 9.47 Å². The molecule has 1 heterocycles. The lowest BCUT2D eigenvalue weighted by Gasteiger charge is -2.11. The minimum absolute atomic E-state index is 0.0736. The third-order valence-electron chi connectivity index (χ3n) is 3.39. The molecule has 0 fully saturated rings. The Balaban J connectivity index is 1.84. The Bertz CT molecular complexity index is 579. The van der Waals surface area contributed by atoms with Gasteiger partial charge in [0.05, 0.1) is 26.0 Å². The molecule has 0 amide bonds. The van der Waals surface area contributed by atoms with Gasteiger partial charge in [0.15, 0.2) is 0 Å². The van der Waals surface area contributed by atoms with Gasteiger partial charge in [0.25, 0.3) is 0 Å². The second-order valence-electron chi connectivity index (χ2n) is 5.33. The molecule has 0 saturated heterocycles. The molecule has 0 atom stereocenters. The fourth-order valence-corrected chi connectivity index (χ4v) is 2.34. The maximum absolute atomic E-state index is 9.29. The molecule has 1 aromatic heterocycles. The van der Waals surface area contributed by atoms with Crippen LogP contribution in [0.4, 0.5) is 0 Å². The molecule has 0 spiro atoms. The molecule has 0 unspecified atom stereocenters. The fourth-order valence-electron chi connectivity index (χ4n) is 2.34. The van der Waals surface area contributed by atoms with E-state index in [4.69, 9.17) is 9.47 Å². The Labute approximate surface area is 130 Å². The average molecular weight is 305 g/mol. The Hall–Kier alpha value is -2.08. The van der Waals surface area contributed by atoms with E-state index in [2.05, 4.69) is 24.2 Å². The number of methoxy groups -OCH3 is 1. The van der Waals surface area contributed by atoms with Crippen molar-refractivity contribution in [3.63, 3.8) is 0 Å². The van der Waals surface area contributed by atoms with Crippen LogP contribution in [-0.2, 0) is 13.2 Å². The van der Waals surface area contributed by atoms with Gasteiger partial charge in [-0.2, -0.15) is 0 Å². The van der Waals surface area contributed by atoms with Crippen LogP contribution in [0.5, 0.6) is 11.5 Å². The van der Waals surface area contributed by atoms with E-state index in [-0.39, 0.29) is 12.5 Å². The summed E-state index contributed by atoms with van der Waals surface area (Å²) in [6.45, 7) is 5.38. The lowest BCUT2D eigenvalue weighted by Crippen LogP contribution is -2.10. The van der Waals surface area contributed by atoms with Crippen LogP contribution in [0.1, 0.15) is 37.6 Å². The van der Waals surface area contributed by atoms with E-state index < -0.39 is 0 Å². The molecule has 0 aliphatic rings. The maximum atomic E-state index is 9.29. The summed E-state index contributed by atoms with van der Waals surface area (Å²) in [5.74, 6) is 1.91. The predicted octanol–water partition coefficient (Wildman–Crippen LogP) is 2.37. The van der Waals surface area contributed by atoms with Crippen molar-refractivity contribution in [3.05, 3.63) is 35.7 Å². The van der Waals surface area contributed by atoms with Crippen molar-refractivity contribution >= 4 is 0 Å². The van der Waals surface area contributed by atoms with Crippen LogP contribution in [0.2, 0.25) is 0 Å². The molecule has 6 heteroatoms. The minimum atomic E-state index is -0.0736. The van der Waals surface area contributed by atoms with Gasteiger partial charge in [0, 0.05) is 13.0 Å². The van der Waals surface area contributed by atoms with Crippen LogP contribution in [0.15, 0.2) is 24.3 Å². The number of hydrogen-bond acceptors (Lipinski definition) is 5. The largest absolute Gasteiger partial charge is 0.497 e. The van der Waals surface area contributed by atoms with Crippen LogP contribution in [-0.4, -0.2) is 33.8 Å². The molecular weight excluding hydrogens is 282 g/mol. The van der Waals surface area contributed by atoms with Crippen LogP contribution >= 0.6 is 0 Å². The molecule has 2 aromatic rings. The quantitative estimate of drug-likeness (QED) is 0.758. The minimum Gasteiger partial charge on any atom is -0.497 e. The zero-order valence-electron chi connectivity index (χ0n) is 13.3. The van der Waals surface area contributed by atoms with E-state index in [1.165, 1.54) is 0 Å². The first-order valence-corrected chi connectivity index (χ1v) is 7.45. The number of rotatable bonds is 8. The van der Waals surface area contributed by atoms with Gasteiger partial charge in [-0.05, 0) is 30.2 Å². The second kappa shape index (κ2) is 7.79. The van der Waals surface area contributed by atoms with Crippen molar-refractivity contribution in [2.75, 3.05) is 13.7 Å². The van der Waals surface area contributed by atoms with E-state index in [0.717, 1.165) is 30.2 Å². The van der Waals surface area contributed by atoms with Gasteiger partial charge < -0.3 is 14.6 Å². The first kappa shape index (κ1) is 16.3. The molecule has 6 nitrogen and oxygen atoms in total. The van der Waals surface area contributed by atoms with Crippen molar-refractivity contribution in [1.29, 1.82) is 0 Å². The molecule has 1 N–H and O–H groups in total. The standard InChI is InChI=1S/C16H23N3O3/c1-12(2)16-15(11-20)17-18-19(16)9-4-10-22-14-7-5-13(21-3)6-8-14/h5-8,12,20H,4,9-11H2,1-3H3. The molecule has 22 heavy (non-hydrogen) atoms. The lowest BCUT2D eigenvalue weighted by molar-refractivity contribution is 0.274. The summed E-state index contributed by atoms with van der Waals surface area (Å²) in [6, 6.07) is 7.52. The Morgan fingerprint density at radius 2 is 1.86 bits per heavy atom.